The number of rotatable bonds is 5. The van der Waals surface area contributed by atoms with E-state index in [4.69, 9.17) is 4.74 Å². The Morgan fingerprint density at radius 2 is 1.86 bits per heavy atom. The van der Waals surface area contributed by atoms with E-state index in [0.717, 1.165) is 50.5 Å². The normalized spacial score (nSPS) is 50.5. The molecule has 0 unspecified atom stereocenters. The van der Waals surface area contributed by atoms with Gasteiger partial charge < -0.3 is 9.84 Å². The van der Waals surface area contributed by atoms with Crippen molar-refractivity contribution in [3.63, 3.8) is 0 Å². The fourth-order valence-electron chi connectivity index (χ4n) is 8.65. The van der Waals surface area contributed by atoms with Crippen LogP contribution in [0, 0.1) is 40.4 Å². The molecule has 160 valence electrons. The highest BCUT2D eigenvalue weighted by Gasteiger charge is 2.62. The Balaban J connectivity index is 1.63. The maximum absolute atomic E-state index is 12.6. The minimum Gasteiger partial charge on any atom is -0.390 e. The molecule has 0 aromatic rings. The Morgan fingerprint density at radius 1 is 1.07 bits per heavy atom. The summed E-state index contributed by atoms with van der Waals surface area (Å²) in [6.07, 6.45) is 11.6. The number of carbonyl (C=O) groups excluding carboxylic acids is 1. The average Bonchev–Trinajstić information content (AvgIpc) is 3.02. The molecule has 4 aliphatic rings. The molecule has 0 radical (unpaired) electrons. The standard InChI is InChI=1S/C24H39BrO3/c1-22(27)10-11-24(12-13-28-3)16(14-22)4-5-17-18-6-7-20(21(26)15-25)23(18,2)9-8-19(17)24/h16-20,27H,4-15H2,1-3H3/t16-,17+,18+,19+,20-,22-,23+,24-/m1/s1. The average molecular weight is 455 g/mol. The highest BCUT2D eigenvalue weighted by Crippen LogP contribution is 2.69. The van der Waals surface area contributed by atoms with Crippen molar-refractivity contribution in [1.82, 2.24) is 0 Å². The number of carbonyl (C=O) groups is 1. The van der Waals surface area contributed by atoms with Gasteiger partial charge in [0.15, 0.2) is 0 Å². The quantitative estimate of drug-likeness (QED) is 0.567. The Hall–Kier alpha value is 0.0700. The van der Waals surface area contributed by atoms with Crippen molar-refractivity contribution >= 4 is 21.7 Å². The number of alkyl halides is 1. The van der Waals surface area contributed by atoms with Crippen molar-refractivity contribution in [2.45, 2.75) is 83.7 Å². The molecule has 0 bridgehead atoms. The maximum Gasteiger partial charge on any atom is 0.147 e. The first-order chi connectivity index (χ1) is 13.3. The monoisotopic (exact) mass is 454 g/mol. The van der Waals surface area contributed by atoms with Crippen LogP contribution in [0.1, 0.15) is 78.1 Å². The van der Waals surface area contributed by atoms with Crippen LogP contribution in [0.15, 0.2) is 0 Å². The molecule has 0 aliphatic heterocycles. The summed E-state index contributed by atoms with van der Waals surface area (Å²) in [7, 11) is 1.83. The molecule has 28 heavy (non-hydrogen) atoms. The zero-order valence-electron chi connectivity index (χ0n) is 18.0. The van der Waals surface area contributed by atoms with Gasteiger partial charge in [-0.05, 0) is 106 Å². The molecule has 4 heteroatoms. The first kappa shape index (κ1) is 21.3. The predicted molar refractivity (Wildman–Crippen MR) is 115 cm³/mol. The van der Waals surface area contributed by atoms with E-state index in [0.29, 0.717) is 28.4 Å². The topological polar surface area (TPSA) is 46.5 Å². The SMILES string of the molecule is COCC[C@]12CC[C@@](C)(O)C[C@H]1CC[C@H]1[C@@H]3CC[C@H](C(=O)CBr)[C@@]3(C)CC[C@@H]12. The molecule has 0 aromatic heterocycles. The summed E-state index contributed by atoms with van der Waals surface area (Å²) >= 11 is 3.44. The van der Waals surface area contributed by atoms with Gasteiger partial charge in [-0.15, -0.1) is 0 Å². The molecule has 1 N–H and O–H groups in total. The molecular formula is C24H39BrO3. The summed E-state index contributed by atoms with van der Waals surface area (Å²) in [6.45, 7) is 5.32. The molecule has 0 amide bonds. The minimum atomic E-state index is -0.488. The zero-order chi connectivity index (χ0) is 20.2. The van der Waals surface area contributed by atoms with Crippen molar-refractivity contribution in [3.8, 4) is 0 Å². The Bertz CT molecular complexity index is 605. The number of ketones is 1. The van der Waals surface area contributed by atoms with Gasteiger partial charge in [-0.1, -0.05) is 22.9 Å². The second-order valence-corrected chi connectivity index (χ2v) is 11.7. The molecular weight excluding hydrogens is 416 g/mol. The molecule has 0 heterocycles. The van der Waals surface area contributed by atoms with Crippen LogP contribution in [-0.2, 0) is 9.53 Å². The third-order valence-electron chi connectivity index (χ3n) is 9.94. The number of halogens is 1. The number of hydrogen-bond acceptors (Lipinski definition) is 3. The van der Waals surface area contributed by atoms with Gasteiger partial charge in [-0.25, -0.2) is 0 Å². The van der Waals surface area contributed by atoms with Gasteiger partial charge in [-0.2, -0.15) is 0 Å². The second kappa shape index (κ2) is 7.64. The van der Waals surface area contributed by atoms with Crippen LogP contribution in [0.5, 0.6) is 0 Å². The number of hydrogen-bond donors (Lipinski definition) is 1. The van der Waals surface area contributed by atoms with Gasteiger partial charge in [0.2, 0.25) is 0 Å². The number of methoxy groups -OCH3 is 1. The van der Waals surface area contributed by atoms with E-state index in [1.807, 2.05) is 14.0 Å². The summed E-state index contributed by atoms with van der Waals surface area (Å²) in [5, 5.41) is 11.3. The van der Waals surface area contributed by atoms with Crippen molar-refractivity contribution in [2.24, 2.45) is 40.4 Å². The molecule has 4 fully saturated rings. The number of aliphatic hydroxyl groups is 1. The molecule has 0 saturated heterocycles. The van der Waals surface area contributed by atoms with Gasteiger partial charge in [0, 0.05) is 19.6 Å². The van der Waals surface area contributed by atoms with Gasteiger partial charge in [0.05, 0.1) is 10.9 Å². The maximum atomic E-state index is 12.6. The van der Waals surface area contributed by atoms with Crippen LogP contribution in [0.3, 0.4) is 0 Å². The van der Waals surface area contributed by atoms with E-state index in [-0.39, 0.29) is 11.3 Å². The highest BCUT2D eigenvalue weighted by atomic mass is 79.9. The smallest absolute Gasteiger partial charge is 0.147 e. The van der Waals surface area contributed by atoms with E-state index >= 15 is 0 Å². The summed E-state index contributed by atoms with van der Waals surface area (Å²) in [5.41, 5.74) is 0.0689. The van der Waals surface area contributed by atoms with Crippen LogP contribution < -0.4 is 0 Å². The van der Waals surface area contributed by atoms with Crippen LogP contribution >= 0.6 is 15.9 Å². The number of ether oxygens (including phenoxy) is 1. The third kappa shape index (κ3) is 3.24. The fraction of sp³-hybridized carbons (Fsp3) is 0.958. The molecule has 0 spiro atoms. The lowest BCUT2D eigenvalue weighted by Gasteiger charge is -2.63. The molecule has 0 aromatic carbocycles. The van der Waals surface area contributed by atoms with Crippen molar-refractivity contribution in [2.75, 3.05) is 19.0 Å². The summed E-state index contributed by atoms with van der Waals surface area (Å²) < 4.78 is 5.58. The van der Waals surface area contributed by atoms with Gasteiger partial charge >= 0.3 is 0 Å². The highest BCUT2D eigenvalue weighted by molar-refractivity contribution is 9.09. The first-order valence-corrected chi connectivity index (χ1v) is 12.7. The Morgan fingerprint density at radius 3 is 2.57 bits per heavy atom. The van der Waals surface area contributed by atoms with Crippen LogP contribution in [-0.4, -0.2) is 35.5 Å². The molecule has 8 atom stereocenters. The lowest BCUT2D eigenvalue weighted by molar-refractivity contribution is -0.163. The summed E-state index contributed by atoms with van der Waals surface area (Å²) in [6, 6.07) is 0. The van der Waals surface area contributed by atoms with Gasteiger partial charge in [-0.3, -0.25) is 4.79 Å². The van der Waals surface area contributed by atoms with E-state index in [1.54, 1.807) is 0 Å². The van der Waals surface area contributed by atoms with Crippen LogP contribution in [0.4, 0.5) is 0 Å². The molecule has 4 aliphatic carbocycles. The Labute approximate surface area is 179 Å². The summed E-state index contributed by atoms with van der Waals surface area (Å²) in [4.78, 5) is 12.6. The number of Topliss-reactive ketones (excluding diaryl/α,β-unsaturated/α-hetero) is 1. The van der Waals surface area contributed by atoms with Crippen molar-refractivity contribution < 1.29 is 14.6 Å². The van der Waals surface area contributed by atoms with Gasteiger partial charge in [0.1, 0.15) is 5.78 Å². The largest absolute Gasteiger partial charge is 0.390 e. The zero-order valence-corrected chi connectivity index (χ0v) is 19.6. The Kier molecular flexibility index (Phi) is 5.81. The number of fused-ring (bicyclic) bond motifs is 5. The van der Waals surface area contributed by atoms with Gasteiger partial charge in [0.25, 0.3) is 0 Å². The fourth-order valence-corrected chi connectivity index (χ4v) is 9.04. The van der Waals surface area contributed by atoms with Crippen LogP contribution in [0.25, 0.3) is 0 Å². The van der Waals surface area contributed by atoms with Crippen molar-refractivity contribution in [1.29, 1.82) is 0 Å². The lowest BCUT2D eigenvalue weighted by atomic mass is 9.42. The lowest BCUT2D eigenvalue weighted by Crippen LogP contribution is -2.57. The van der Waals surface area contributed by atoms with E-state index in [1.165, 1.54) is 32.1 Å². The van der Waals surface area contributed by atoms with E-state index in [9.17, 15) is 9.90 Å². The van der Waals surface area contributed by atoms with E-state index < -0.39 is 5.60 Å². The first-order valence-electron chi connectivity index (χ1n) is 11.6. The second-order valence-electron chi connectivity index (χ2n) is 11.1. The molecule has 3 nitrogen and oxygen atoms in total. The van der Waals surface area contributed by atoms with E-state index in [2.05, 4.69) is 22.9 Å². The third-order valence-corrected chi connectivity index (χ3v) is 10.5. The molecule has 4 rings (SSSR count). The predicted octanol–water partition coefficient (Wildman–Crippen LogP) is 5.38. The van der Waals surface area contributed by atoms with Crippen LogP contribution in [0.2, 0.25) is 0 Å². The van der Waals surface area contributed by atoms with Crippen molar-refractivity contribution in [3.05, 3.63) is 0 Å². The summed E-state index contributed by atoms with van der Waals surface area (Å²) in [5.74, 6) is 3.56. The minimum absolute atomic E-state index is 0.210. The molecule has 4 saturated carbocycles.